The predicted molar refractivity (Wildman–Crippen MR) is 51.7 cm³/mol. The van der Waals surface area contributed by atoms with Crippen molar-refractivity contribution in [3.8, 4) is 0 Å². The Labute approximate surface area is 87.7 Å². The van der Waals surface area contributed by atoms with Gasteiger partial charge in [-0.3, -0.25) is 14.5 Å². The van der Waals surface area contributed by atoms with Gasteiger partial charge in [-0.25, -0.2) is 4.79 Å². The van der Waals surface area contributed by atoms with Crippen molar-refractivity contribution in [1.82, 2.24) is 4.90 Å². The molecule has 82 valence electrons. The van der Waals surface area contributed by atoms with Gasteiger partial charge in [0.15, 0.2) is 0 Å². The molecular formula is C10H13NO4. The summed E-state index contributed by atoms with van der Waals surface area (Å²) in [7, 11) is 0. The number of nitrogens with zero attached hydrogens (tertiary/aromatic N) is 1. The molecule has 2 amide bonds. The van der Waals surface area contributed by atoms with Crippen LogP contribution in [0.4, 0.5) is 0 Å². The van der Waals surface area contributed by atoms with E-state index in [0.29, 0.717) is 5.57 Å². The van der Waals surface area contributed by atoms with Gasteiger partial charge >= 0.3 is 5.97 Å². The molecule has 1 rings (SSSR count). The van der Waals surface area contributed by atoms with E-state index in [1.165, 1.54) is 6.92 Å². The van der Waals surface area contributed by atoms with Crippen LogP contribution in [0, 0.1) is 0 Å². The average molecular weight is 211 g/mol. The molecule has 0 unspecified atom stereocenters. The van der Waals surface area contributed by atoms with E-state index >= 15 is 0 Å². The third-order valence-electron chi connectivity index (χ3n) is 2.05. The van der Waals surface area contributed by atoms with Gasteiger partial charge in [0.05, 0.1) is 6.54 Å². The summed E-state index contributed by atoms with van der Waals surface area (Å²) in [5.74, 6) is -0.910. The number of hydrogen-bond donors (Lipinski definition) is 0. The summed E-state index contributed by atoms with van der Waals surface area (Å²) in [6, 6.07) is 0. The minimum atomic E-state index is -0.505. The Balaban J connectivity index is 2.31. The fourth-order valence-corrected chi connectivity index (χ4v) is 1.23. The topological polar surface area (TPSA) is 63.7 Å². The highest BCUT2D eigenvalue weighted by molar-refractivity contribution is 6.01. The molecule has 5 heteroatoms. The van der Waals surface area contributed by atoms with Crippen molar-refractivity contribution in [3.63, 3.8) is 0 Å². The van der Waals surface area contributed by atoms with Gasteiger partial charge in [0.1, 0.15) is 6.61 Å². The second kappa shape index (κ2) is 4.72. The second-order valence-electron chi connectivity index (χ2n) is 3.36. The Bertz CT molecular complexity index is 305. The standard InChI is InChI=1S/C10H13NO4/c1-7(2)10(14)15-6-5-11-8(12)3-4-9(11)13/h1,3-6H2,2H3. The third-order valence-corrected chi connectivity index (χ3v) is 2.05. The Morgan fingerprint density at radius 2 is 1.93 bits per heavy atom. The number of imide groups is 1. The highest BCUT2D eigenvalue weighted by Gasteiger charge is 2.28. The lowest BCUT2D eigenvalue weighted by atomic mass is 10.4. The third kappa shape index (κ3) is 2.90. The number of ether oxygens (including phenoxy) is 1. The zero-order chi connectivity index (χ0) is 11.4. The van der Waals surface area contributed by atoms with Crippen molar-refractivity contribution in [1.29, 1.82) is 0 Å². The minimum Gasteiger partial charge on any atom is -0.460 e. The molecule has 0 aliphatic carbocycles. The summed E-state index contributed by atoms with van der Waals surface area (Å²) < 4.78 is 4.78. The summed E-state index contributed by atoms with van der Waals surface area (Å²) in [4.78, 5) is 34.4. The summed E-state index contributed by atoms with van der Waals surface area (Å²) in [5.41, 5.74) is 0.300. The molecule has 15 heavy (non-hydrogen) atoms. The fourth-order valence-electron chi connectivity index (χ4n) is 1.23. The van der Waals surface area contributed by atoms with E-state index in [0.717, 1.165) is 4.90 Å². The molecule has 1 aliphatic heterocycles. The van der Waals surface area contributed by atoms with Gasteiger partial charge in [-0.05, 0) is 6.92 Å². The van der Waals surface area contributed by atoms with E-state index in [1.54, 1.807) is 0 Å². The zero-order valence-electron chi connectivity index (χ0n) is 8.62. The Morgan fingerprint density at radius 3 is 2.40 bits per heavy atom. The monoisotopic (exact) mass is 211 g/mol. The lowest BCUT2D eigenvalue weighted by Gasteiger charge is -2.13. The van der Waals surface area contributed by atoms with Crippen molar-refractivity contribution in [2.75, 3.05) is 13.2 Å². The Morgan fingerprint density at radius 1 is 1.40 bits per heavy atom. The highest BCUT2D eigenvalue weighted by atomic mass is 16.5. The quantitative estimate of drug-likeness (QED) is 0.380. The number of carbonyl (C=O) groups is 3. The number of hydrogen-bond acceptors (Lipinski definition) is 4. The smallest absolute Gasteiger partial charge is 0.333 e. The van der Waals surface area contributed by atoms with Crippen LogP contribution in [-0.4, -0.2) is 35.8 Å². The van der Waals surface area contributed by atoms with E-state index in [-0.39, 0.29) is 37.8 Å². The molecule has 0 aromatic heterocycles. The van der Waals surface area contributed by atoms with E-state index in [9.17, 15) is 14.4 Å². The first kappa shape index (κ1) is 11.4. The SMILES string of the molecule is C=C(C)C(=O)OCCN1C(=O)CCC1=O. The molecule has 0 spiro atoms. The van der Waals surface area contributed by atoms with Gasteiger partial charge in [-0.15, -0.1) is 0 Å². The Hall–Kier alpha value is -1.65. The number of amides is 2. The molecule has 1 heterocycles. The first-order chi connectivity index (χ1) is 7.02. The molecule has 1 aliphatic rings. The van der Waals surface area contributed by atoms with E-state index < -0.39 is 5.97 Å². The van der Waals surface area contributed by atoms with Crippen molar-refractivity contribution < 1.29 is 19.1 Å². The molecule has 1 saturated heterocycles. The van der Waals surface area contributed by atoms with Crippen molar-refractivity contribution in [3.05, 3.63) is 12.2 Å². The molecule has 0 saturated carbocycles. The van der Waals surface area contributed by atoms with Crippen LogP contribution < -0.4 is 0 Å². The van der Waals surface area contributed by atoms with E-state index in [1.807, 2.05) is 0 Å². The average Bonchev–Trinajstić information content (AvgIpc) is 2.48. The number of rotatable bonds is 4. The number of carbonyl (C=O) groups excluding carboxylic acids is 3. The maximum Gasteiger partial charge on any atom is 0.333 e. The number of likely N-dealkylation sites (tertiary alicyclic amines) is 1. The van der Waals surface area contributed by atoms with Crippen LogP contribution in [0.2, 0.25) is 0 Å². The molecule has 0 N–H and O–H groups in total. The molecule has 0 atom stereocenters. The van der Waals surface area contributed by atoms with Gasteiger partial charge in [0.25, 0.3) is 0 Å². The van der Waals surface area contributed by atoms with Crippen LogP contribution in [0.25, 0.3) is 0 Å². The Kier molecular flexibility index (Phi) is 3.60. The summed E-state index contributed by atoms with van der Waals surface area (Å²) in [6.45, 7) is 5.12. The van der Waals surface area contributed by atoms with Gasteiger partial charge in [-0.2, -0.15) is 0 Å². The van der Waals surface area contributed by atoms with Crippen molar-refractivity contribution >= 4 is 17.8 Å². The minimum absolute atomic E-state index is 0.0309. The first-order valence-corrected chi connectivity index (χ1v) is 4.68. The van der Waals surface area contributed by atoms with E-state index in [2.05, 4.69) is 6.58 Å². The number of esters is 1. The molecule has 0 aromatic carbocycles. The molecule has 5 nitrogen and oxygen atoms in total. The van der Waals surface area contributed by atoms with Crippen LogP contribution in [-0.2, 0) is 19.1 Å². The summed E-state index contributed by atoms with van der Waals surface area (Å²) in [5, 5.41) is 0. The highest BCUT2D eigenvalue weighted by Crippen LogP contribution is 2.10. The lowest BCUT2D eigenvalue weighted by molar-refractivity contribution is -0.145. The summed E-state index contributed by atoms with van der Waals surface area (Å²) >= 11 is 0. The maximum atomic E-state index is 11.1. The first-order valence-electron chi connectivity index (χ1n) is 4.68. The van der Waals surface area contributed by atoms with Gasteiger partial charge in [0, 0.05) is 18.4 Å². The maximum absolute atomic E-state index is 11.1. The normalized spacial score (nSPS) is 15.7. The van der Waals surface area contributed by atoms with Crippen LogP contribution in [0.5, 0.6) is 0 Å². The van der Waals surface area contributed by atoms with Crippen LogP contribution in [0.1, 0.15) is 19.8 Å². The molecular weight excluding hydrogens is 198 g/mol. The van der Waals surface area contributed by atoms with Crippen LogP contribution in [0.15, 0.2) is 12.2 Å². The van der Waals surface area contributed by atoms with Gasteiger partial charge < -0.3 is 4.74 Å². The second-order valence-corrected chi connectivity index (χ2v) is 3.36. The van der Waals surface area contributed by atoms with E-state index in [4.69, 9.17) is 4.74 Å². The molecule has 1 fully saturated rings. The largest absolute Gasteiger partial charge is 0.460 e. The molecule has 0 aromatic rings. The van der Waals surface area contributed by atoms with Crippen molar-refractivity contribution in [2.24, 2.45) is 0 Å². The van der Waals surface area contributed by atoms with Gasteiger partial charge in [-0.1, -0.05) is 6.58 Å². The van der Waals surface area contributed by atoms with Crippen molar-refractivity contribution in [2.45, 2.75) is 19.8 Å². The fraction of sp³-hybridized carbons (Fsp3) is 0.500. The molecule has 0 radical (unpaired) electrons. The zero-order valence-corrected chi connectivity index (χ0v) is 8.62. The molecule has 0 bridgehead atoms. The van der Waals surface area contributed by atoms with Gasteiger partial charge in [0.2, 0.25) is 11.8 Å². The predicted octanol–water partition coefficient (Wildman–Crippen LogP) is 0.255. The van der Waals surface area contributed by atoms with Crippen LogP contribution >= 0.6 is 0 Å². The van der Waals surface area contributed by atoms with Crippen LogP contribution in [0.3, 0.4) is 0 Å². The summed E-state index contributed by atoms with van der Waals surface area (Å²) in [6.07, 6.45) is 0.514. The lowest BCUT2D eigenvalue weighted by Crippen LogP contribution is -2.32.